The number of sulfonamides is 1. The van der Waals surface area contributed by atoms with Crippen molar-refractivity contribution in [3.05, 3.63) is 23.2 Å². The molecule has 0 atom stereocenters. The first-order chi connectivity index (χ1) is 12.8. The Morgan fingerprint density at radius 1 is 1.15 bits per heavy atom. The summed E-state index contributed by atoms with van der Waals surface area (Å²) in [5.41, 5.74) is 0. The number of benzene rings is 1. The Morgan fingerprint density at radius 3 is 2.33 bits per heavy atom. The molecular formula is C17H21ClF2N2O4S. The van der Waals surface area contributed by atoms with Crippen LogP contribution in [0.25, 0.3) is 0 Å². The standard InChI is InChI=1S/C17H21ClF2N2O4S/c18-14-11-13(5-6-15(14)26-17(19)20)27(24,25)22-9-7-21(8-10-22)16(23)12-3-1-2-4-12/h5-6,11-12,17H,1-4,7-10H2. The van der Waals surface area contributed by atoms with Crippen LogP contribution in [0.5, 0.6) is 5.75 Å². The maximum atomic E-state index is 12.8. The number of rotatable bonds is 5. The number of carbonyl (C=O) groups excluding carboxylic acids is 1. The summed E-state index contributed by atoms with van der Waals surface area (Å²) in [6.45, 7) is -1.99. The molecule has 1 aliphatic heterocycles. The normalized spacial score (nSPS) is 19.6. The van der Waals surface area contributed by atoms with Crippen LogP contribution in [0.2, 0.25) is 5.02 Å². The predicted molar refractivity (Wildman–Crippen MR) is 95.4 cm³/mol. The molecule has 3 rings (SSSR count). The third-order valence-electron chi connectivity index (χ3n) is 5.01. The van der Waals surface area contributed by atoms with E-state index < -0.39 is 16.6 Å². The van der Waals surface area contributed by atoms with Gasteiger partial charge in [0.2, 0.25) is 15.9 Å². The molecule has 1 saturated carbocycles. The molecule has 1 heterocycles. The van der Waals surface area contributed by atoms with Crippen LogP contribution in [0.4, 0.5) is 8.78 Å². The second-order valence-corrected chi connectivity index (χ2v) is 9.03. The molecule has 2 aliphatic rings. The molecule has 2 fully saturated rings. The van der Waals surface area contributed by atoms with Crippen molar-refractivity contribution in [2.45, 2.75) is 37.2 Å². The smallest absolute Gasteiger partial charge is 0.387 e. The largest absolute Gasteiger partial charge is 0.433 e. The summed E-state index contributed by atoms with van der Waals surface area (Å²) < 4.78 is 55.7. The van der Waals surface area contributed by atoms with Gasteiger partial charge in [-0.25, -0.2) is 8.42 Å². The van der Waals surface area contributed by atoms with Gasteiger partial charge in [0.05, 0.1) is 9.92 Å². The van der Waals surface area contributed by atoms with Gasteiger partial charge < -0.3 is 9.64 Å². The Morgan fingerprint density at radius 2 is 1.78 bits per heavy atom. The highest BCUT2D eigenvalue weighted by Crippen LogP contribution is 2.31. The number of amides is 1. The minimum Gasteiger partial charge on any atom is -0.433 e. The van der Waals surface area contributed by atoms with E-state index in [0.29, 0.717) is 13.1 Å². The molecule has 6 nitrogen and oxygen atoms in total. The van der Waals surface area contributed by atoms with Crippen molar-refractivity contribution in [2.24, 2.45) is 5.92 Å². The fraction of sp³-hybridized carbons (Fsp3) is 0.588. The minimum absolute atomic E-state index is 0.0642. The van der Waals surface area contributed by atoms with Gasteiger partial charge in [0, 0.05) is 32.1 Å². The second kappa shape index (κ2) is 8.28. The number of ether oxygens (including phenoxy) is 1. The van der Waals surface area contributed by atoms with Crippen LogP contribution in [0.15, 0.2) is 23.1 Å². The van der Waals surface area contributed by atoms with Gasteiger partial charge in [0.15, 0.2) is 0 Å². The van der Waals surface area contributed by atoms with Crippen molar-refractivity contribution in [3.8, 4) is 5.75 Å². The molecule has 27 heavy (non-hydrogen) atoms. The van der Waals surface area contributed by atoms with E-state index in [9.17, 15) is 22.0 Å². The lowest BCUT2D eigenvalue weighted by atomic mass is 10.1. The van der Waals surface area contributed by atoms with Gasteiger partial charge in [-0.2, -0.15) is 13.1 Å². The van der Waals surface area contributed by atoms with Crippen molar-refractivity contribution >= 4 is 27.5 Å². The molecule has 0 aromatic heterocycles. The lowest BCUT2D eigenvalue weighted by Crippen LogP contribution is -2.51. The molecule has 0 spiro atoms. The van der Waals surface area contributed by atoms with Gasteiger partial charge in [-0.15, -0.1) is 0 Å². The van der Waals surface area contributed by atoms with Crippen LogP contribution in [0.1, 0.15) is 25.7 Å². The zero-order valence-corrected chi connectivity index (χ0v) is 16.2. The molecule has 1 saturated heterocycles. The monoisotopic (exact) mass is 422 g/mol. The van der Waals surface area contributed by atoms with Crippen molar-refractivity contribution in [3.63, 3.8) is 0 Å². The van der Waals surface area contributed by atoms with Gasteiger partial charge in [0.25, 0.3) is 0 Å². The number of halogens is 3. The summed E-state index contributed by atoms with van der Waals surface area (Å²) in [6.07, 6.45) is 3.94. The predicted octanol–water partition coefficient (Wildman–Crippen LogP) is 2.96. The average Bonchev–Trinajstić information content (AvgIpc) is 3.17. The Kier molecular flexibility index (Phi) is 6.22. The number of carbonyl (C=O) groups is 1. The quantitative estimate of drug-likeness (QED) is 0.731. The summed E-state index contributed by atoms with van der Waals surface area (Å²) in [6, 6.07) is 3.40. The number of alkyl halides is 2. The lowest BCUT2D eigenvalue weighted by Gasteiger charge is -2.35. The van der Waals surface area contributed by atoms with E-state index in [1.165, 1.54) is 10.4 Å². The van der Waals surface area contributed by atoms with Crippen LogP contribution >= 0.6 is 11.6 Å². The zero-order chi connectivity index (χ0) is 19.6. The summed E-state index contributed by atoms with van der Waals surface area (Å²) in [5, 5.41) is -0.202. The fourth-order valence-corrected chi connectivity index (χ4v) is 5.30. The lowest BCUT2D eigenvalue weighted by molar-refractivity contribution is -0.136. The molecule has 1 aliphatic carbocycles. The van der Waals surface area contributed by atoms with E-state index in [1.54, 1.807) is 4.90 Å². The highest BCUT2D eigenvalue weighted by Gasteiger charge is 2.33. The highest BCUT2D eigenvalue weighted by molar-refractivity contribution is 7.89. The fourth-order valence-electron chi connectivity index (χ4n) is 3.56. The molecule has 0 bridgehead atoms. The number of nitrogens with zero attached hydrogens (tertiary/aromatic N) is 2. The number of hydrogen-bond donors (Lipinski definition) is 0. The highest BCUT2D eigenvalue weighted by atomic mass is 35.5. The van der Waals surface area contributed by atoms with Gasteiger partial charge in [-0.3, -0.25) is 4.79 Å². The van der Waals surface area contributed by atoms with Crippen LogP contribution in [-0.2, 0) is 14.8 Å². The first-order valence-electron chi connectivity index (χ1n) is 8.82. The van der Waals surface area contributed by atoms with E-state index in [2.05, 4.69) is 4.74 Å². The minimum atomic E-state index is -3.83. The third-order valence-corrected chi connectivity index (χ3v) is 7.20. The topological polar surface area (TPSA) is 66.9 Å². The van der Waals surface area contributed by atoms with Crippen molar-refractivity contribution in [1.29, 1.82) is 0 Å². The SMILES string of the molecule is O=C(C1CCCC1)N1CCN(S(=O)(=O)c2ccc(OC(F)F)c(Cl)c2)CC1. The Hall–Kier alpha value is -1.45. The van der Waals surface area contributed by atoms with Crippen LogP contribution in [-0.4, -0.2) is 56.3 Å². The molecule has 10 heteroatoms. The maximum absolute atomic E-state index is 12.8. The van der Waals surface area contributed by atoms with Crippen molar-refractivity contribution in [2.75, 3.05) is 26.2 Å². The van der Waals surface area contributed by atoms with Gasteiger partial charge in [-0.05, 0) is 31.0 Å². The average molecular weight is 423 g/mol. The van der Waals surface area contributed by atoms with E-state index in [4.69, 9.17) is 11.6 Å². The molecule has 0 radical (unpaired) electrons. The number of hydrogen-bond acceptors (Lipinski definition) is 4. The molecule has 1 aromatic rings. The van der Waals surface area contributed by atoms with Gasteiger partial charge >= 0.3 is 6.61 Å². The van der Waals surface area contributed by atoms with Crippen LogP contribution in [0.3, 0.4) is 0 Å². The Labute approximate surface area is 162 Å². The maximum Gasteiger partial charge on any atom is 0.387 e. The van der Waals surface area contributed by atoms with E-state index in [1.807, 2.05) is 0 Å². The van der Waals surface area contributed by atoms with Crippen LogP contribution < -0.4 is 4.74 Å². The first kappa shape index (κ1) is 20.3. The van der Waals surface area contributed by atoms with Crippen LogP contribution in [0, 0.1) is 5.92 Å². The van der Waals surface area contributed by atoms with Crippen molar-refractivity contribution < 1.29 is 26.7 Å². The number of piperazine rings is 1. The third kappa shape index (κ3) is 4.52. The molecule has 0 unspecified atom stereocenters. The van der Waals surface area contributed by atoms with Crippen molar-refractivity contribution in [1.82, 2.24) is 9.21 Å². The van der Waals surface area contributed by atoms with E-state index in [-0.39, 0.29) is 40.6 Å². The Bertz CT molecular complexity index is 792. The molecule has 0 N–H and O–H groups in total. The molecule has 1 amide bonds. The summed E-state index contributed by atoms with van der Waals surface area (Å²) >= 11 is 5.86. The first-order valence-corrected chi connectivity index (χ1v) is 10.6. The summed E-state index contributed by atoms with van der Waals surface area (Å²) in [7, 11) is -3.83. The van der Waals surface area contributed by atoms with Gasteiger partial charge in [-0.1, -0.05) is 24.4 Å². The van der Waals surface area contributed by atoms with E-state index in [0.717, 1.165) is 37.8 Å². The Balaban J connectivity index is 1.66. The second-order valence-electron chi connectivity index (χ2n) is 6.68. The molecule has 150 valence electrons. The van der Waals surface area contributed by atoms with E-state index >= 15 is 0 Å². The summed E-state index contributed by atoms with van der Waals surface area (Å²) in [5.74, 6) is -0.104. The van der Waals surface area contributed by atoms with Gasteiger partial charge in [0.1, 0.15) is 5.75 Å². The zero-order valence-electron chi connectivity index (χ0n) is 14.6. The molecule has 1 aromatic carbocycles. The summed E-state index contributed by atoms with van der Waals surface area (Å²) in [4.78, 5) is 14.1. The molecular weight excluding hydrogens is 402 g/mol.